The second-order valence-electron chi connectivity index (χ2n) is 9.84. The molecule has 0 spiro atoms. The first kappa shape index (κ1) is 28.1. The van der Waals surface area contributed by atoms with Gasteiger partial charge in [0.1, 0.15) is 18.3 Å². The summed E-state index contributed by atoms with van der Waals surface area (Å²) in [6.07, 6.45) is 1.36. The third kappa shape index (κ3) is 7.28. The smallest absolute Gasteiger partial charge is 0.244 e. The van der Waals surface area contributed by atoms with Gasteiger partial charge in [0.25, 0.3) is 0 Å². The molecular formula is C26H35N3O7S. The Labute approximate surface area is 218 Å². The molecule has 202 valence electrons. The first-order chi connectivity index (χ1) is 17.3. The number of rotatable bonds is 10. The molecule has 10 nitrogen and oxygen atoms in total. The van der Waals surface area contributed by atoms with Gasteiger partial charge in [0.2, 0.25) is 28.6 Å². The quantitative estimate of drug-likeness (QED) is 0.499. The highest BCUT2D eigenvalue weighted by molar-refractivity contribution is 7.92. The molecule has 1 heterocycles. The van der Waals surface area contributed by atoms with E-state index in [9.17, 15) is 18.0 Å². The minimum absolute atomic E-state index is 0.0337. The Kier molecular flexibility index (Phi) is 8.57. The monoisotopic (exact) mass is 533 g/mol. The maximum atomic E-state index is 13.8. The van der Waals surface area contributed by atoms with Crippen LogP contribution in [0, 0.1) is 0 Å². The zero-order valence-corrected chi connectivity index (χ0v) is 22.9. The van der Waals surface area contributed by atoms with Crippen molar-refractivity contribution in [1.82, 2.24) is 10.2 Å². The van der Waals surface area contributed by atoms with E-state index in [1.807, 2.05) is 33.8 Å². The minimum Gasteiger partial charge on any atom is -0.497 e. The van der Waals surface area contributed by atoms with Crippen LogP contribution in [0.2, 0.25) is 0 Å². The molecule has 1 aliphatic heterocycles. The number of anilines is 1. The number of hydrogen-bond acceptors (Lipinski definition) is 7. The van der Waals surface area contributed by atoms with Gasteiger partial charge in [-0.2, -0.15) is 0 Å². The fourth-order valence-electron chi connectivity index (χ4n) is 3.99. The largest absolute Gasteiger partial charge is 0.497 e. The summed E-state index contributed by atoms with van der Waals surface area (Å²) in [5, 5.41) is 2.94. The Hall–Kier alpha value is -3.47. The maximum absolute atomic E-state index is 13.8. The molecule has 2 amide bonds. The predicted molar refractivity (Wildman–Crippen MR) is 140 cm³/mol. The van der Waals surface area contributed by atoms with Gasteiger partial charge in [0, 0.05) is 18.2 Å². The lowest BCUT2D eigenvalue weighted by molar-refractivity contribution is -0.141. The Bertz CT molecular complexity index is 1240. The highest BCUT2D eigenvalue weighted by Gasteiger charge is 2.33. The molecule has 1 aliphatic rings. The predicted octanol–water partition coefficient (Wildman–Crippen LogP) is 2.91. The Morgan fingerprint density at radius 1 is 1.11 bits per heavy atom. The normalized spacial score (nSPS) is 13.6. The van der Waals surface area contributed by atoms with Crippen molar-refractivity contribution in [3.05, 3.63) is 48.0 Å². The summed E-state index contributed by atoms with van der Waals surface area (Å²) in [6, 6.07) is 11.0. The molecule has 3 rings (SSSR count). The summed E-state index contributed by atoms with van der Waals surface area (Å²) in [4.78, 5) is 28.4. The molecule has 11 heteroatoms. The van der Waals surface area contributed by atoms with E-state index in [1.165, 1.54) is 11.0 Å². The SMILES string of the molecule is CC[C@@H](C(=O)NC(C)(C)C)N(Cc1cccc(OC)c1)C(=O)CN(c1ccc2c(c1)OCO2)S(C)(=O)=O. The van der Waals surface area contributed by atoms with Gasteiger partial charge in [0.15, 0.2) is 11.5 Å². The molecule has 2 aromatic carbocycles. The summed E-state index contributed by atoms with van der Waals surface area (Å²) in [6.45, 7) is 7.01. The minimum atomic E-state index is -3.86. The Balaban J connectivity index is 1.97. The molecular weight excluding hydrogens is 498 g/mol. The number of nitrogens with zero attached hydrogens (tertiary/aromatic N) is 2. The van der Waals surface area contributed by atoms with Crippen molar-refractivity contribution >= 4 is 27.5 Å². The van der Waals surface area contributed by atoms with Crippen molar-refractivity contribution in [2.45, 2.75) is 52.2 Å². The summed E-state index contributed by atoms with van der Waals surface area (Å²) < 4.78 is 42.6. The van der Waals surface area contributed by atoms with E-state index in [2.05, 4.69) is 5.32 Å². The van der Waals surface area contributed by atoms with Gasteiger partial charge in [0.05, 0.1) is 19.1 Å². The number of hydrogen-bond donors (Lipinski definition) is 1. The van der Waals surface area contributed by atoms with Gasteiger partial charge < -0.3 is 24.4 Å². The standard InChI is InChI=1S/C26H35N3O7S/c1-7-21(25(31)27-26(2,3)4)28(15-18-9-8-10-20(13-18)34-5)24(30)16-29(37(6,32)33)19-11-12-22-23(14-19)36-17-35-22/h8-14,21H,7,15-17H2,1-6H3,(H,27,31)/t21-/m0/s1. The van der Waals surface area contributed by atoms with Crippen molar-refractivity contribution < 1.29 is 32.2 Å². The van der Waals surface area contributed by atoms with Crippen molar-refractivity contribution in [3.8, 4) is 17.2 Å². The molecule has 0 bridgehead atoms. The summed E-state index contributed by atoms with van der Waals surface area (Å²) in [5.74, 6) is 0.646. The van der Waals surface area contributed by atoms with E-state index in [1.54, 1.807) is 37.4 Å². The average Bonchev–Trinajstić information content (AvgIpc) is 3.28. The number of methoxy groups -OCH3 is 1. The lowest BCUT2D eigenvalue weighted by Crippen LogP contribution is -2.55. The van der Waals surface area contributed by atoms with E-state index in [-0.39, 0.29) is 24.9 Å². The zero-order chi connectivity index (χ0) is 27.4. The first-order valence-corrected chi connectivity index (χ1v) is 13.8. The fourth-order valence-corrected chi connectivity index (χ4v) is 4.84. The van der Waals surface area contributed by atoms with Gasteiger partial charge >= 0.3 is 0 Å². The van der Waals surface area contributed by atoms with Crippen molar-refractivity contribution in [3.63, 3.8) is 0 Å². The van der Waals surface area contributed by atoms with Gasteiger partial charge in [-0.05, 0) is 57.0 Å². The number of carbonyl (C=O) groups excluding carboxylic acids is 2. The number of nitrogens with one attached hydrogen (secondary N) is 1. The first-order valence-electron chi connectivity index (χ1n) is 11.9. The van der Waals surface area contributed by atoms with Crippen LogP contribution in [0.1, 0.15) is 39.7 Å². The number of carbonyl (C=O) groups is 2. The average molecular weight is 534 g/mol. The molecule has 1 atom stereocenters. The summed E-state index contributed by atoms with van der Waals surface area (Å²) >= 11 is 0. The Morgan fingerprint density at radius 2 is 1.81 bits per heavy atom. The van der Waals surface area contributed by atoms with E-state index < -0.39 is 34.1 Å². The molecule has 0 saturated carbocycles. The van der Waals surface area contributed by atoms with Crippen LogP contribution in [0.4, 0.5) is 5.69 Å². The van der Waals surface area contributed by atoms with Crippen LogP contribution in [0.3, 0.4) is 0 Å². The second kappa shape index (κ2) is 11.3. The van der Waals surface area contributed by atoms with E-state index in [0.29, 0.717) is 23.7 Å². The van der Waals surface area contributed by atoms with Crippen LogP contribution in [0.25, 0.3) is 0 Å². The lowest BCUT2D eigenvalue weighted by atomic mass is 10.1. The van der Waals surface area contributed by atoms with Crippen LogP contribution in [0.5, 0.6) is 17.2 Å². The fraction of sp³-hybridized carbons (Fsp3) is 0.462. The Morgan fingerprint density at radius 3 is 2.43 bits per heavy atom. The van der Waals surface area contributed by atoms with Crippen LogP contribution >= 0.6 is 0 Å². The third-order valence-electron chi connectivity index (χ3n) is 5.69. The van der Waals surface area contributed by atoms with Crippen LogP contribution in [-0.4, -0.2) is 63.4 Å². The van der Waals surface area contributed by atoms with Gasteiger partial charge in [-0.3, -0.25) is 13.9 Å². The molecule has 0 unspecified atom stereocenters. The number of fused-ring (bicyclic) bond motifs is 1. The number of benzene rings is 2. The zero-order valence-electron chi connectivity index (χ0n) is 22.1. The molecule has 0 aromatic heterocycles. The van der Waals surface area contributed by atoms with E-state index in [4.69, 9.17) is 14.2 Å². The molecule has 0 radical (unpaired) electrons. The maximum Gasteiger partial charge on any atom is 0.244 e. The van der Waals surface area contributed by atoms with Crippen molar-refractivity contribution in [2.75, 3.05) is 31.0 Å². The number of ether oxygens (including phenoxy) is 3. The molecule has 0 saturated heterocycles. The van der Waals surface area contributed by atoms with E-state index >= 15 is 0 Å². The summed E-state index contributed by atoms with van der Waals surface area (Å²) in [5.41, 5.74) is 0.484. The lowest BCUT2D eigenvalue weighted by Gasteiger charge is -2.34. The molecule has 0 fully saturated rings. The van der Waals surface area contributed by atoms with Gasteiger partial charge in [-0.25, -0.2) is 8.42 Å². The molecule has 37 heavy (non-hydrogen) atoms. The molecule has 1 N–H and O–H groups in total. The van der Waals surface area contributed by atoms with Crippen LogP contribution < -0.4 is 23.8 Å². The number of sulfonamides is 1. The second-order valence-corrected chi connectivity index (χ2v) is 11.8. The summed E-state index contributed by atoms with van der Waals surface area (Å²) in [7, 11) is -2.32. The highest BCUT2D eigenvalue weighted by Crippen LogP contribution is 2.36. The van der Waals surface area contributed by atoms with Crippen molar-refractivity contribution in [2.24, 2.45) is 0 Å². The van der Waals surface area contributed by atoms with Gasteiger partial charge in [-0.1, -0.05) is 19.1 Å². The number of amides is 2. The van der Waals surface area contributed by atoms with Crippen LogP contribution in [-0.2, 0) is 26.2 Å². The van der Waals surface area contributed by atoms with E-state index in [0.717, 1.165) is 16.1 Å². The molecule has 0 aliphatic carbocycles. The van der Waals surface area contributed by atoms with Crippen molar-refractivity contribution in [1.29, 1.82) is 0 Å². The topological polar surface area (TPSA) is 114 Å². The van der Waals surface area contributed by atoms with Crippen LogP contribution in [0.15, 0.2) is 42.5 Å². The molecule has 2 aromatic rings. The third-order valence-corrected chi connectivity index (χ3v) is 6.84. The highest BCUT2D eigenvalue weighted by atomic mass is 32.2. The van der Waals surface area contributed by atoms with Gasteiger partial charge in [-0.15, -0.1) is 0 Å².